The maximum atomic E-state index is 11.8. The van der Waals surface area contributed by atoms with Crippen molar-refractivity contribution < 1.29 is 8.42 Å². The summed E-state index contributed by atoms with van der Waals surface area (Å²) in [5.41, 5.74) is 8.38. The van der Waals surface area contributed by atoms with Crippen LogP contribution in [0.4, 0.5) is 16.8 Å². The number of hydrogen-bond donors (Lipinski definition) is 2. The number of nitriles is 1. The maximum absolute atomic E-state index is 11.8. The smallest absolute Gasteiger partial charge is 0.227 e. The van der Waals surface area contributed by atoms with Gasteiger partial charge in [0, 0.05) is 29.7 Å². The van der Waals surface area contributed by atoms with Crippen molar-refractivity contribution in [1.29, 1.82) is 5.26 Å². The Balaban J connectivity index is 1.48. The minimum atomic E-state index is -3.00. The number of anilines is 3. The molecule has 172 valence electrons. The quantitative estimate of drug-likeness (QED) is 0.517. The zero-order valence-corrected chi connectivity index (χ0v) is 20.2. The molecule has 1 saturated heterocycles. The van der Waals surface area contributed by atoms with Crippen LogP contribution in [0.5, 0.6) is 0 Å². The predicted octanol–water partition coefficient (Wildman–Crippen LogP) is 3.46. The van der Waals surface area contributed by atoms with E-state index in [9.17, 15) is 13.7 Å². The number of thiazole rings is 1. The highest BCUT2D eigenvalue weighted by Crippen LogP contribution is 2.29. The fourth-order valence-electron chi connectivity index (χ4n) is 3.83. The van der Waals surface area contributed by atoms with E-state index in [1.165, 1.54) is 6.26 Å². The lowest BCUT2D eigenvalue weighted by Crippen LogP contribution is -2.38. The molecule has 0 spiro atoms. The average Bonchev–Trinajstić information content (AvgIpc) is 3.14. The fraction of sp³-hybridized carbons (Fsp3) is 0.333. The van der Waals surface area contributed by atoms with Gasteiger partial charge in [-0.1, -0.05) is 22.9 Å². The molecule has 0 bridgehead atoms. The zero-order valence-electron chi connectivity index (χ0n) is 17.8. The molecule has 1 fully saturated rings. The summed E-state index contributed by atoms with van der Waals surface area (Å²) in [5, 5.41) is 13.1. The molecule has 33 heavy (non-hydrogen) atoms. The van der Waals surface area contributed by atoms with Crippen LogP contribution in [0.1, 0.15) is 23.3 Å². The molecule has 0 atom stereocenters. The number of nitrogens with one attached hydrogen (secondary N) is 1. The molecule has 0 aliphatic carbocycles. The second kappa shape index (κ2) is 9.61. The first-order chi connectivity index (χ1) is 15.7. The molecule has 3 N–H and O–H groups in total. The number of sulfone groups is 1. The fourth-order valence-corrected chi connectivity index (χ4v) is 5.80. The van der Waals surface area contributed by atoms with E-state index in [1.54, 1.807) is 18.3 Å². The molecule has 3 aromatic rings. The molecule has 0 unspecified atom stereocenters. The third kappa shape index (κ3) is 5.78. The molecule has 2 aromatic heterocycles. The Morgan fingerprint density at radius 3 is 2.76 bits per heavy atom. The van der Waals surface area contributed by atoms with Crippen LogP contribution in [-0.4, -0.2) is 52.9 Å². The zero-order chi connectivity index (χ0) is 23.6. The number of rotatable bonds is 6. The van der Waals surface area contributed by atoms with E-state index in [4.69, 9.17) is 17.3 Å². The largest absolute Gasteiger partial charge is 0.375 e. The number of piperidine rings is 1. The van der Waals surface area contributed by atoms with Crippen LogP contribution in [-0.2, 0) is 16.4 Å². The number of halogens is 1. The molecular formula is C21H22ClN7O2S2. The Kier molecular flexibility index (Phi) is 6.81. The number of nitrogens with zero attached hydrogens (tertiary/aromatic N) is 5. The summed E-state index contributed by atoms with van der Waals surface area (Å²) in [6.45, 7) is 2.10. The summed E-state index contributed by atoms with van der Waals surface area (Å²) in [6, 6.07) is 9.39. The van der Waals surface area contributed by atoms with Crippen molar-refractivity contribution in [3.63, 3.8) is 0 Å². The van der Waals surface area contributed by atoms with E-state index in [-0.39, 0.29) is 5.25 Å². The van der Waals surface area contributed by atoms with Gasteiger partial charge >= 0.3 is 0 Å². The summed E-state index contributed by atoms with van der Waals surface area (Å²) in [5.74, 6) is 0.338. The highest BCUT2D eigenvalue weighted by Gasteiger charge is 2.26. The molecule has 1 aliphatic rings. The van der Waals surface area contributed by atoms with Gasteiger partial charge in [0.15, 0.2) is 5.13 Å². The minimum absolute atomic E-state index is 0.260. The predicted molar refractivity (Wildman–Crippen MR) is 130 cm³/mol. The van der Waals surface area contributed by atoms with Gasteiger partial charge in [-0.2, -0.15) is 5.26 Å². The van der Waals surface area contributed by atoms with Gasteiger partial charge in [0.1, 0.15) is 26.5 Å². The van der Waals surface area contributed by atoms with Crippen LogP contribution in [0.2, 0.25) is 5.02 Å². The normalized spacial score (nSPS) is 15.3. The lowest BCUT2D eigenvalue weighted by Gasteiger charge is -2.31. The molecule has 1 aromatic carbocycles. The lowest BCUT2D eigenvalue weighted by atomic mass is 10.1. The third-order valence-corrected chi connectivity index (χ3v) is 8.09. The van der Waals surface area contributed by atoms with Gasteiger partial charge < -0.3 is 11.1 Å². The van der Waals surface area contributed by atoms with Crippen LogP contribution < -0.4 is 11.1 Å². The molecule has 1 aliphatic heterocycles. The molecule has 4 rings (SSSR count). The van der Waals surface area contributed by atoms with Crippen LogP contribution in [0.3, 0.4) is 0 Å². The monoisotopic (exact) mass is 503 g/mol. The highest BCUT2D eigenvalue weighted by molar-refractivity contribution is 7.91. The number of likely N-dealkylation sites (tertiary alicyclic amines) is 1. The van der Waals surface area contributed by atoms with Crippen LogP contribution in [0.25, 0.3) is 11.4 Å². The first-order valence-corrected chi connectivity index (χ1v) is 13.3. The van der Waals surface area contributed by atoms with Crippen molar-refractivity contribution >= 4 is 49.5 Å². The van der Waals surface area contributed by atoms with Crippen molar-refractivity contribution in [3.8, 4) is 17.5 Å². The second-order valence-corrected chi connectivity index (χ2v) is 11.7. The topological polar surface area (TPSA) is 138 Å². The Labute approximate surface area is 201 Å². The first-order valence-electron chi connectivity index (χ1n) is 10.2. The van der Waals surface area contributed by atoms with Crippen LogP contribution >= 0.6 is 22.9 Å². The van der Waals surface area contributed by atoms with Crippen LogP contribution in [0.15, 0.2) is 30.5 Å². The maximum Gasteiger partial charge on any atom is 0.227 e. The second-order valence-electron chi connectivity index (χ2n) is 7.89. The van der Waals surface area contributed by atoms with Gasteiger partial charge in [-0.15, -0.1) is 0 Å². The number of nitrogens with two attached hydrogens (primary N) is 1. The molecule has 0 saturated carbocycles. The van der Waals surface area contributed by atoms with Crippen LogP contribution in [0, 0.1) is 11.3 Å². The van der Waals surface area contributed by atoms with Crippen molar-refractivity contribution in [3.05, 3.63) is 45.9 Å². The third-order valence-electron chi connectivity index (χ3n) is 5.40. The van der Waals surface area contributed by atoms with E-state index in [1.807, 2.05) is 12.1 Å². The highest BCUT2D eigenvalue weighted by atomic mass is 35.5. The van der Waals surface area contributed by atoms with Crippen molar-refractivity contribution in [2.75, 3.05) is 30.4 Å². The minimum Gasteiger partial charge on any atom is -0.375 e. The summed E-state index contributed by atoms with van der Waals surface area (Å²) < 4.78 is 23.6. The lowest BCUT2D eigenvalue weighted by molar-refractivity contribution is 0.222. The number of aromatic nitrogens is 3. The Bertz CT molecular complexity index is 1310. The van der Waals surface area contributed by atoms with Gasteiger partial charge in [-0.3, -0.25) is 4.90 Å². The van der Waals surface area contributed by atoms with Gasteiger partial charge in [0.25, 0.3) is 0 Å². The van der Waals surface area contributed by atoms with Gasteiger partial charge in [-0.25, -0.2) is 23.4 Å². The first kappa shape index (κ1) is 23.4. The van der Waals surface area contributed by atoms with Gasteiger partial charge in [0.05, 0.1) is 10.9 Å². The SMILES string of the molecule is CS(=O)(=O)C1CCN(Cc2cc(Cl)cc(Nc3nccc(-c4nc(N)sc4C#N)n3)c2)CC1. The van der Waals surface area contributed by atoms with Gasteiger partial charge in [0.2, 0.25) is 5.95 Å². The Hall–Kier alpha value is -2.78. The van der Waals surface area contributed by atoms with E-state index in [0.717, 1.165) is 35.7 Å². The summed E-state index contributed by atoms with van der Waals surface area (Å²) in [4.78, 5) is 15.6. The molecular weight excluding hydrogens is 482 g/mol. The summed E-state index contributed by atoms with van der Waals surface area (Å²) >= 11 is 7.46. The number of hydrogen-bond acceptors (Lipinski definition) is 10. The van der Waals surface area contributed by atoms with E-state index >= 15 is 0 Å². The number of benzene rings is 1. The van der Waals surface area contributed by atoms with Crippen molar-refractivity contribution in [2.45, 2.75) is 24.6 Å². The van der Waals surface area contributed by atoms with E-state index in [2.05, 4.69) is 31.2 Å². The standard InChI is InChI=1S/C21H22ClN7O2S2/c1-33(30,31)16-3-6-29(7-4-16)12-13-8-14(22)10-15(9-13)26-21-25-5-2-17(27-21)19-18(11-23)32-20(24)28-19/h2,5,8-10,16H,3-4,6-7,12H2,1H3,(H2,24,28)(H,25,26,27). The number of nitrogen functional groups attached to an aromatic ring is 1. The van der Waals surface area contributed by atoms with E-state index in [0.29, 0.717) is 51.8 Å². The molecule has 0 amide bonds. The van der Waals surface area contributed by atoms with Gasteiger partial charge in [-0.05, 0) is 55.8 Å². The molecule has 0 radical (unpaired) electrons. The van der Waals surface area contributed by atoms with E-state index < -0.39 is 9.84 Å². The summed E-state index contributed by atoms with van der Waals surface area (Å²) in [6.07, 6.45) is 4.16. The Morgan fingerprint density at radius 2 is 2.06 bits per heavy atom. The average molecular weight is 504 g/mol. The van der Waals surface area contributed by atoms with Crippen molar-refractivity contribution in [1.82, 2.24) is 19.9 Å². The molecule has 3 heterocycles. The molecule has 9 nitrogen and oxygen atoms in total. The Morgan fingerprint density at radius 1 is 1.30 bits per heavy atom. The summed E-state index contributed by atoms with van der Waals surface area (Å²) in [7, 11) is -3.00. The molecule has 12 heteroatoms. The van der Waals surface area contributed by atoms with Crippen molar-refractivity contribution in [2.24, 2.45) is 0 Å².